The predicted octanol–water partition coefficient (Wildman–Crippen LogP) is 4.29. The van der Waals surface area contributed by atoms with Gasteiger partial charge in [-0.2, -0.15) is 0 Å². The zero-order chi connectivity index (χ0) is 19.6. The second-order valence-electron chi connectivity index (χ2n) is 6.16. The van der Waals surface area contributed by atoms with Crippen LogP contribution in [0, 0.1) is 13.8 Å². The summed E-state index contributed by atoms with van der Waals surface area (Å²) in [6.07, 6.45) is 1.67. The number of allylic oxidation sites excluding steroid dienone is 1. The maximum atomic E-state index is 12.9. The number of thiophene rings is 2. The average Bonchev–Trinajstić information content (AvgIpc) is 3.25. The van der Waals surface area contributed by atoms with Crippen molar-refractivity contribution in [3.8, 4) is 0 Å². The normalized spacial score (nSPS) is 12.3. The van der Waals surface area contributed by atoms with E-state index in [2.05, 4.69) is 16.9 Å². The highest BCUT2D eigenvalue weighted by molar-refractivity contribution is 7.99. The van der Waals surface area contributed by atoms with Gasteiger partial charge in [0.25, 0.3) is 5.56 Å². The Morgan fingerprint density at radius 1 is 1.48 bits per heavy atom. The van der Waals surface area contributed by atoms with Gasteiger partial charge in [0.15, 0.2) is 5.16 Å². The van der Waals surface area contributed by atoms with Crippen LogP contribution in [0.4, 0.5) is 0 Å². The molecular weight excluding hydrogens is 398 g/mol. The summed E-state index contributed by atoms with van der Waals surface area (Å²) in [4.78, 5) is 32.8. The van der Waals surface area contributed by atoms with Gasteiger partial charge < -0.3 is 5.32 Å². The van der Waals surface area contributed by atoms with Gasteiger partial charge in [-0.3, -0.25) is 14.2 Å². The van der Waals surface area contributed by atoms with E-state index in [1.54, 1.807) is 22.0 Å². The fourth-order valence-corrected chi connectivity index (χ4v) is 5.36. The highest BCUT2D eigenvalue weighted by Crippen LogP contribution is 2.28. The van der Waals surface area contributed by atoms with Gasteiger partial charge in [-0.05, 0) is 37.8 Å². The minimum Gasteiger partial charge on any atom is -0.348 e. The molecule has 0 aliphatic carbocycles. The SMILES string of the molecule is C=CCn1c(SCC(=O)N[C@H](C)c2cccs2)nc2sc(C)c(C)c2c1=O. The number of nitrogens with zero attached hydrogens (tertiary/aromatic N) is 2. The number of hydrogen-bond acceptors (Lipinski definition) is 6. The molecule has 0 bridgehead atoms. The number of aromatic nitrogens is 2. The maximum absolute atomic E-state index is 12.9. The van der Waals surface area contributed by atoms with Crippen molar-refractivity contribution >= 4 is 50.6 Å². The van der Waals surface area contributed by atoms with Gasteiger partial charge in [0.05, 0.1) is 17.2 Å². The van der Waals surface area contributed by atoms with Gasteiger partial charge in [-0.1, -0.05) is 23.9 Å². The van der Waals surface area contributed by atoms with Crippen LogP contribution in [0.15, 0.2) is 40.1 Å². The molecule has 27 heavy (non-hydrogen) atoms. The highest BCUT2D eigenvalue weighted by Gasteiger charge is 2.18. The number of nitrogens with one attached hydrogen (secondary N) is 1. The van der Waals surface area contributed by atoms with Gasteiger partial charge in [0.2, 0.25) is 5.91 Å². The summed E-state index contributed by atoms with van der Waals surface area (Å²) in [7, 11) is 0. The first-order chi connectivity index (χ1) is 12.9. The molecule has 0 saturated heterocycles. The number of aryl methyl sites for hydroxylation is 2. The predicted molar refractivity (Wildman–Crippen MR) is 115 cm³/mol. The standard InChI is InChI=1S/C19H21N3O2S3/c1-5-8-22-18(24)16-11(2)13(4)27-17(16)21-19(22)26-10-15(23)20-12(3)14-7-6-9-25-14/h5-7,9,12H,1,8,10H2,2-4H3,(H,20,23)/t12-/m1/s1. The van der Waals surface area contributed by atoms with Crippen LogP contribution in [0.2, 0.25) is 0 Å². The van der Waals surface area contributed by atoms with E-state index >= 15 is 0 Å². The van der Waals surface area contributed by atoms with Crippen LogP contribution in [0.25, 0.3) is 10.2 Å². The van der Waals surface area contributed by atoms with Crippen molar-refractivity contribution in [2.24, 2.45) is 0 Å². The van der Waals surface area contributed by atoms with E-state index in [9.17, 15) is 9.59 Å². The summed E-state index contributed by atoms with van der Waals surface area (Å²) in [5.74, 6) is 0.118. The Morgan fingerprint density at radius 3 is 2.93 bits per heavy atom. The number of carbonyl (C=O) groups is 1. The quantitative estimate of drug-likeness (QED) is 0.352. The third-order valence-electron chi connectivity index (χ3n) is 4.25. The zero-order valence-electron chi connectivity index (χ0n) is 15.4. The van der Waals surface area contributed by atoms with E-state index in [-0.39, 0.29) is 23.3 Å². The molecule has 0 aliphatic rings. The molecule has 1 amide bonds. The lowest BCUT2D eigenvalue weighted by molar-refractivity contribution is -0.119. The Balaban J connectivity index is 1.81. The first-order valence-corrected chi connectivity index (χ1v) is 11.2. The van der Waals surface area contributed by atoms with E-state index in [1.807, 2.05) is 38.3 Å². The lowest BCUT2D eigenvalue weighted by Crippen LogP contribution is -2.28. The van der Waals surface area contributed by atoms with Crippen LogP contribution in [0.1, 0.15) is 28.3 Å². The molecule has 0 aliphatic heterocycles. The van der Waals surface area contributed by atoms with Gasteiger partial charge in [0, 0.05) is 16.3 Å². The van der Waals surface area contributed by atoms with Crippen LogP contribution in [-0.2, 0) is 11.3 Å². The average molecular weight is 420 g/mol. The van der Waals surface area contributed by atoms with Crippen LogP contribution < -0.4 is 10.9 Å². The summed E-state index contributed by atoms with van der Waals surface area (Å²) in [5, 5.41) is 6.19. The fraction of sp³-hybridized carbons (Fsp3) is 0.316. The smallest absolute Gasteiger partial charge is 0.263 e. The van der Waals surface area contributed by atoms with Crippen molar-refractivity contribution in [3.63, 3.8) is 0 Å². The molecule has 8 heteroatoms. The number of fused-ring (bicyclic) bond motifs is 1. The minimum absolute atomic E-state index is 0.0356. The van der Waals surface area contributed by atoms with Crippen LogP contribution in [0.5, 0.6) is 0 Å². The number of rotatable bonds is 7. The Hall–Kier alpha value is -1.90. The van der Waals surface area contributed by atoms with Crippen molar-refractivity contribution < 1.29 is 4.79 Å². The van der Waals surface area contributed by atoms with Gasteiger partial charge in [-0.25, -0.2) is 4.98 Å². The molecule has 5 nitrogen and oxygen atoms in total. The first-order valence-electron chi connectivity index (χ1n) is 8.49. The molecule has 1 N–H and O–H groups in total. The van der Waals surface area contributed by atoms with Gasteiger partial charge in [0.1, 0.15) is 4.83 Å². The molecule has 0 radical (unpaired) electrons. The Bertz CT molecular complexity index is 1030. The highest BCUT2D eigenvalue weighted by atomic mass is 32.2. The topological polar surface area (TPSA) is 64.0 Å². The Kier molecular flexibility index (Phi) is 6.18. The molecule has 142 valence electrons. The zero-order valence-corrected chi connectivity index (χ0v) is 17.9. The summed E-state index contributed by atoms with van der Waals surface area (Å²) in [5.41, 5.74) is 0.904. The molecule has 0 fully saturated rings. The third-order valence-corrected chi connectivity index (χ3v) is 7.38. The third kappa shape index (κ3) is 4.17. The van der Waals surface area contributed by atoms with Crippen LogP contribution >= 0.6 is 34.4 Å². The van der Waals surface area contributed by atoms with Crippen molar-refractivity contribution in [2.75, 3.05) is 5.75 Å². The second kappa shape index (κ2) is 8.41. The van der Waals surface area contributed by atoms with Crippen LogP contribution in [0.3, 0.4) is 0 Å². The van der Waals surface area contributed by atoms with E-state index in [1.165, 1.54) is 23.1 Å². The van der Waals surface area contributed by atoms with Gasteiger partial charge >= 0.3 is 0 Å². The molecule has 0 aromatic carbocycles. The number of thioether (sulfide) groups is 1. The molecule has 3 rings (SSSR count). The number of carbonyl (C=O) groups excluding carboxylic acids is 1. The summed E-state index contributed by atoms with van der Waals surface area (Å²) < 4.78 is 1.59. The minimum atomic E-state index is -0.0843. The van der Waals surface area contributed by atoms with Crippen molar-refractivity contribution in [2.45, 2.75) is 38.5 Å². The molecule has 1 atom stereocenters. The second-order valence-corrected chi connectivity index (χ2v) is 9.28. The molecule has 0 saturated carbocycles. The van der Waals surface area contributed by atoms with Crippen molar-refractivity contribution in [3.05, 3.63) is 55.8 Å². The summed E-state index contributed by atoms with van der Waals surface area (Å²) in [6, 6.07) is 3.93. The fourth-order valence-electron chi connectivity index (χ4n) is 2.73. The monoisotopic (exact) mass is 419 g/mol. The molecule has 3 heterocycles. The van der Waals surface area contributed by atoms with E-state index < -0.39 is 0 Å². The van der Waals surface area contributed by atoms with Crippen LogP contribution in [-0.4, -0.2) is 21.2 Å². The number of amides is 1. The van der Waals surface area contributed by atoms with E-state index in [0.29, 0.717) is 17.1 Å². The molecule has 0 unspecified atom stereocenters. The lowest BCUT2D eigenvalue weighted by atomic mass is 10.2. The lowest BCUT2D eigenvalue weighted by Gasteiger charge is -2.13. The molecule has 0 spiro atoms. The largest absolute Gasteiger partial charge is 0.348 e. The summed E-state index contributed by atoms with van der Waals surface area (Å²) >= 11 is 4.41. The van der Waals surface area contributed by atoms with Crippen molar-refractivity contribution in [1.29, 1.82) is 0 Å². The summed E-state index contributed by atoms with van der Waals surface area (Å²) in [6.45, 7) is 10.0. The maximum Gasteiger partial charge on any atom is 0.263 e. The Labute approximate surface area is 170 Å². The van der Waals surface area contributed by atoms with Gasteiger partial charge in [-0.15, -0.1) is 29.3 Å². The first kappa shape index (κ1) is 19.9. The molecular formula is C19H21N3O2S3. The molecule has 3 aromatic heterocycles. The van der Waals surface area contributed by atoms with E-state index in [4.69, 9.17) is 0 Å². The van der Waals surface area contributed by atoms with Crippen molar-refractivity contribution in [1.82, 2.24) is 14.9 Å². The number of hydrogen-bond donors (Lipinski definition) is 1. The molecule has 3 aromatic rings. The van der Waals surface area contributed by atoms with E-state index in [0.717, 1.165) is 20.1 Å². The Morgan fingerprint density at radius 2 is 2.26 bits per heavy atom.